The minimum Gasteiger partial charge on any atom is -0.361 e. The molecule has 1 unspecified atom stereocenters. The van der Waals surface area contributed by atoms with Gasteiger partial charge in [0.2, 0.25) is 5.91 Å². The summed E-state index contributed by atoms with van der Waals surface area (Å²) < 4.78 is 35.4. The lowest BCUT2D eigenvalue weighted by atomic mass is 10.0. The second kappa shape index (κ2) is 9.03. The van der Waals surface area contributed by atoms with Crippen LogP contribution in [0.3, 0.4) is 0 Å². The Labute approximate surface area is 211 Å². The van der Waals surface area contributed by atoms with Gasteiger partial charge in [-0.1, -0.05) is 11.2 Å². The van der Waals surface area contributed by atoms with Crippen LogP contribution < -0.4 is 4.90 Å². The summed E-state index contributed by atoms with van der Waals surface area (Å²) in [5, 5.41) is 4.09. The highest BCUT2D eigenvalue weighted by molar-refractivity contribution is 7.99. The van der Waals surface area contributed by atoms with Gasteiger partial charge in [0, 0.05) is 29.8 Å². The maximum atomic E-state index is 14.1. The van der Waals surface area contributed by atoms with E-state index in [9.17, 15) is 13.6 Å². The molecular formula is C27H26F2N4O2S. The molecule has 1 atom stereocenters. The lowest BCUT2D eigenvalue weighted by Crippen LogP contribution is -2.30. The van der Waals surface area contributed by atoms with E-state index in [1.807, 2.05) is 25.6 Å². The summed E-state index contributed by atoms with van der Waals surface area (Å²) in [6.45, 7) is 3.82. The van der Waals surface area contributed by atoms with Gasteiger partial charge in [-0.05, 0) is 74.4 Å². The van der Waals surface area contributed by atoms with Crippen LogP contribution in [0.25, 0.3) is 22.2 Å². The fraction of sp³-hybridized carbons (Fsp3) is 0.370. The highest BCUT2D eigenvalue weighted by Gasteiger charge is 2.38. The van der Waals surface area contributed by atoms with E-state index in [0.29, 0.717) is 18.5 Å². The minimum atomic E-state index is -0.965. The van der Waals surface area contributed by atoms with Gasteiger partial charge in [0.05, 0.1) is 22.8 Å². The van der Waals surface area contributed by atoms with Crippen molar-refractivity contribution in [2.24, 2.45) is 0 Å². The first kappa shape index (κ1) is 23.2. The summed E-state index contributed by atoms with van der Waals surface area (Å²) in [6.07, 6.45) is 2.93. The number of imidazole rings is 1. The van der Waals surface area contributed by atoms with Crippen molar-refractivity contribution in [2.75, 3.05) is 16.4 Å². The Morgan fingerprint density at radius 1 is 1.03 bits per heavy atom. The molecule has 2 aliphatic rings. The molecule has 0 aliphatic carbocycles. The maximum Gasteiger partial charge on any atom is 0.227 e. The Kier molecular flexibility index (Phi) is 5.82. The summed E-state index contributed by atoms with van der Waals surface area (Å²) in [6, 6.07) is 9.77. The zero-order valence-corrected chi connectivity index (χ0v) is 20.9. The van der Waals surface area contributed by atoms with Crippen LogP contribution in [0, 0.1) is 25.5 Å². The quantitative estimate of drug-likeness (QED) is 0.314. The van der Waals surface area contributed by atoms with Crippen molar-refractivity contribution in [1.29, 1.82) is 0 Å². The molecule has 0 N–H and O–H groups in total. The maximum absolute atomic E-state index is 14.1. The Morgan fingerprint density at radius 3 is 2.56 bits per heavy atom. The number of carbonyl (C=O) groups excluding carboxylic acids is 1. The Bertz CT molecular complexity index is 1450. The Balaban J connectivity index is 1.51. The molecule has 1 amide bonds. The van der Waals surface area contributed by atoms with Gasteiger partial charge in [0.25, 0.3) is 0 Å². The first-order chi connectivity index (χ1) is 17.4. The van der Waals surface area contributed by atoms with Gasteiger partial charge in [-0.3, -0.25) is 4.79 Å². The van der Waals surface area contributed by atoms with E-state index in [2.05, 4.69) is 27.9 Å². The second-order valence-electron chi connectivity index (χ2n) is 9.50. The van der Waals surface area contributed by atoms with Crippen molar-refractivity contribution in [3.05, 3.63) is 65.3 Å². The molecule has 0 saturated carbocycles. The molecule has 6 nitrogen and oxygen atoms in total. The lowest BCUT2D eigenvalue weighted by Gasteiger charge is -2.30. The number of amides is 1. The molecule has 2 aromatic carbocycles. The molecule has 9 heteroatoms. The normalized spacial score (nSPS) is 19.1. The van der Waals surface area contributed by atoms with Crippen molar-refractivity contribution >= 4 is 34.4 Å². The molecule has 2 fully saturated rings. The fourth-order valence-corrected chi connectivity index (χ4v) is 6.70. The van der Waals surface area contributed by atoms with E-state index in [4.69, 9.17) is 9.51 Å². The molecule has 2 aliphatic heterocycles. The number of halogens is 2. The average Bonchev–Trinajstić information content (AvgIpc) is 3.55. The first-order valence-corrected chi connectivity index (χ1v) is 13.4. The molecule has 0 spiro atoms. The van der Waals surface area contributed by atoms with Crippen LogP contribution in [0.15, 0.2) is 40.9 Å². The van der Waals surface area contributed by atoms with Gasteiger partial charge in [-0.25, -0.2) is 13.8 Å². The first-order valence-electron chi connectivity index (χ1n) is 12.2. The number of nitrogens with zero attached hydrogens (tertiary/aromatic N) is 4. The molecule has 4 heterocycles. The van der Waals surface area contributed by atoms with E-state index in [-0.39, 0.29) is 18.0 Å². The van der Waals surface area contributed by atoms with Crippen molar-refractivity contribution in [1.82, 2.24) is 14.7 Å². The number of hydrogen-bond acceptors (Lipinski definition) is 5. The second-order valence-corrected chi connectivity index (χ2v) is 10.7. The molecule has 2 aromatic heterocycles. The van der Waals surface area contributed by atoms with Crippen LogP contribution in [-0.4, -0.2) is 32.1 Å². The number of aromatic nitrogens is 3. The average molecular weight is 509 g/mol. The number of fused-ring (bicyclic) bond motifs is 1. The van der Waals surface area contributed by atoms with Crippen LogP contribution in [0.2, 0.25) is 0 Å². The SMILES string of the molecule is Cc1noc(C)c1-c1ccc2c(c1)nc(C1CCC(=O)N1c1ccc(F)c(F)c1)n2C1CCSCC1. The van der Waals surface area contributed by atoms with Gasteiger partial charge in [-0.15, -0.1) is 0 Å². The van der Waals surface area contributed by atoms with Crippen LogP contribution in [-0.2, 0) is 4.79 Å². The van der Waals surface area contributed by atoms with Crippen LogP contribution >= 0.6 is 11.8 Å². The van der Waals surface area contributed by atoms with Crippen LogP contribution in [0.4, 0.5) is 14.5 Å². The van der Waals surface area contributed by atoms with Gasteiger partial charge in [0.1, 0.15) is 11.6 Å². The van der Waals surface area contributed by atoms with Crippen molar-refractivity contribution in [3.8, 4) is 11.1 Å². The molecule has 186 valence electrons. The van der Waals surface area contributed by atoms with E-state index >= 15 is 0 Å². The summed E-state index contributed by atoms with van der Waals surface area (Å²) in [4.78, 5) is 19.7. The van der Waals surface area contributed by atoms with Crippen LogP contribution in [0.5, 0.6) is 0 Å². The molecular weight excluding hydrogens is 482 g/mol. The molecule has 0 radical (unpaired) electrons. The van der Waals surface area contributed by atoms with E-state index in [1.54, 1.807) is 4.90 Å². The predicted octanol–water partition coefficient (Wildman–Crippen LogP) is 6.52. The molecule has 6 rings (SSSR count). The third-order valence-electron chi connectivity index (χ3n) is 7.29. The summed E-state index contributed by atoms with van der Waals surface area (Å²) in [7, 11) is 0. The minimum absolute atomic E-state index is 0.111. The monoisotopic (exact) mass is 508 g/mol. The van der Waals surface area contributed by atoms with Crippen molar-refractivity contribution in [2.45, 2.75) is 51.6 Å². The van der Waals surface area contributed by atoms with Gasteiger partial charge in [-0.2, -0.15) is 11.8 Å². The molecule has 2 saturated heterocycles. The van der Waals surface area contributed by atoms with Gasteiger partial charge < -0.3 is 14.0 Å². The number of carbonyl (C=O) groups is 1. The lowest BCUT2D eigenvalue weighted by molar-refractivity contribution is -0.117. The largest absolute Gasteiger partial charge is 0.361 e. The number of thioether (sulfide) groups is 1. The standard InChI is InChI=1S/C27H26F2N4O2S/c1-15-26(16(2)35-31-15)17-3-6-23-22(13-17)30-27(33(23)18-9-11-36-12-10-18)24-7-8-25(34)32(24)19-4-5-20(28)21(29)14-19/h3-6,13-14,18,24H,7-12H2,1-2H3. The Hall–Kier alpha value is -3.20. The summed E-state index contributed by atoms with van der Waals surface area (Å²) >= 11 is 1.95. The topological polar surface area (TPSA) is 64.2 Å². The highest BCUT2D eigenvalue weighted by Crippen LogP contribution is 2.42. The van der Waals surface area contributed by atoms with E-state index < -0.39 is 11.6 Å². The van der Waals surface area contributed by atoms with Gasteiger partial charge >= 0.3 is 0 Å². The smallest absolute Gasteiger partial charge is 0.227 e. The molecule has 0 bridgehead atoms. The molecule has 36 heavy (non-hydrogen) atoms. The molecule has 4 aromatic rings. The number of anilines is 1. The zero-order chi connectivity index (χ0) is 25.0. The number of hydrogen-bond donors (Lipinski definition) is 0. The van der Waals surface area contributed by atoms with E-state index in [1.165, 1.54) is 6.07 Å². The zero-order valence-electron chi connectivity index (χ0n) is 20.1. The van der Waals surface area contributed by atoms with Crippen molar-refractivity contribution in [3.63, 3.8) is 0 Å². The third kappa shape index (κ3) is 3.80. The Morgan fingerprint density at radius 2 is 1.83 bits per heavy atom. The third-order valence-corrected chi connectivity index (χ3v) is 8.33. The van der Waals surface area contributed by atoms with Gasteiger partial charge in [0.15, 0.2) is 11.6 Å². The highest BCUT2D eigenvalue weighted by atomic mass is 32.2. The fourth-order valence-electron chi connectivity index (χ4n) is 5.62. The number of rotatable bonds is 4. The number of benzene rings is 2. The summed E-state index contributed by atoms with van der Waals surface area (Å²) in [5.74, 6) is 1.68. The predicted molar refractivity (Wildman–Crippen MR) is 136 cm³/mol. The number of aryl methyl sites for hydroxylation is 2. The van der Waals surface area contributed by atoms with Crippen molar-refractivity contribution < 1.29 is 18.1 Å². The summed E-state index contributed by atoms with van der Waals surface area (Å²) in [5.41, 5.74) is 4.97. The van der Waals surface area contributed by atoms with Crippen LogP contribution in [0.1, 0.15) is 55.0 Å². The van der Waals surface area contributed by atoms with E-state index in [0.717, 1.165) is 75.9 Å².